The first kappa shape index (κ1) is 12.6. The molecule has 0 aliphatic heterocycles. The van der Waals surface area contributed by atoms with Crippen molar-refractivity contribution in [1.29, 1.82) is 0 Å². The average molecular weight is 308 g/mol. The molecule has 0 aliphatic rings. The molecule has 5 heteroatoms. The predicted molar refractivity (Wildman–Crippen MR) is 71.4 cm³/mol. The molecule has 4 nitrogen and oxygen atoms in total. The van der Waals surface area contributed by atoms with Gasteiger partial charge in [0, 0.05) is 22.4 Å². The van der Waals surface area contributed by atoms with Crippen molar-refractivity contribution in [1.82, 2.24) is 4.57 Å². The van der Waals surface area contributed by atoms with Gasteiger partial charge < -0.3 is 5.11 Å². The highest BCUT2D eigenvalue weighted by molar-refractivity contribution is 9.10. The van der Waals surface area contributed by atoms with Gasteiger partial charge in [0.15, 0.2) is 0 Å². The van der Waals surface area contributed by atoms with Gasteiger partial charge in [-0.15, -0.1) is 0 Å². The summed E-state index contributed by atoms with van der Waals surface area (Å²) in [5.74, 6) is -1.06. The summed E-state index contributed by atoms with van der Waals surface area (Å²) in [6.07, 6.45) is 1.33. The van der Waals surface area contributed by atoms with Crippen LogP contribution >= 0.6 is 15.9 Å². The number of hydrogen-bond donors (Lipinski definition) is 1. The van der Waals surface area contributed by atoms with Gasteiger partial charge in [0.25, 0.3) is 5.56 Å². The van der Waals surface area contributed by atoms with Crippen molar-refractivity contribution in [2.75, 3.05) is 0 Å². The second-order valence-corrected chi connectivity index (χ2v) is 4.72. The average Bonchev–Trinajstić information content (AvgIpc) is 2.33. The number of aromatic nitrogens is 1. The van der Waals surface area contributed by atoms with Crippen LogP contribution < -0.4 is 5.56 Å². The number of carbonyl (C=O) groups is 1. The fraction of sp³-hybridized carbons (Fsp3) is 0.0769. The molecule has 2 aromatic rings. The molecule has 0 spiro atoms. The van der Waals surface area contributed by atoms with Crippen LogP contribution in [0.2, 0.25) is 0 Å². The molecule has 0 radical (unpaired) electrons. The van der Waals surface area contributed by atoms with Crippen LogP contribution in [0.3, 0.4) is 0 Å². The van der Waals surface area contributed by atoms with Gasteiger partial charge in [-0.3, -0.25) is 9.36 Å². The molecule has 0 bridgehead atoms. The van der Waals surface area contributed by atoms with Gasteiger partial charge in [-0.2, -0.15) is 0 Å². The molecule has 0 saturated carbocycles. The first-order valence-electron chi connectivity index (χ1n) is 5.21. The highest BCUT2D eigenvalue weighted by atomic mass is 79.9. The number of nitrogens with zero attached hydrogens (tertiary/aromatic N) is 1. The topological polar surface area (TPSA) is 59.3 Å². The molecule has 1 N–H and O–H groups in total. The van der Waals surface area contributed by atoms with Crippen molar-refractivity contribution in [2.24, 2.45) is 0 Å². The van der Waals surface area contributed by atoms with Crippen LogP contribution in [-0.2, 0) is 0 Å². The second kappa shape index (κ2) is 4.78. The normalized spacial score (nSPS) is 10.3. The van der Waals surface area contributed by atoms with Gasteiger partial charge in [-0.05, 0) is 36.8 Å². The summed E-state index contributed by atoms with van der Waals surface area (Å²) in [4.78, 5) is 22.6. The molecule has 0 saturated heterocycles. The number of pyridine rings is 1. The maximum Gasteiger partial charge on any atom is 0.337 e. The van der Waals surface area contributed by atoms with E-state index in [1.807, 2.05) is 19.1 Å². The number of hydrogen-bond acceptors (Lipinski definition) is 2. The van der Waals surface area contributed by atoms with E-state index < -0.39 is 5.97 Å². The summed E-state index contributed by atoms with van der Waals surface area (Å²) < 4.78 is 2.26. The molecular weight excluding hydrogens is 298 g/mol. The van der Waals surface area contributed by atoms with Gasteiger partial charge in [-0.1, -0.05) is 15.9 Å². The Morgan fingerprint density at radius 2 is 2.00 bits per heavy atom. The molecule has 1 aromatic heterocycles. The van der Waals surface area contributed by atoms with Crippen molar-refractivity contribution in [3.05, 3.63) is 62.5 Å². The Balaban J connectivity index is 2.62. The number of aryl methyl sites for hydroxylation is 1. The largest absolute Gasteiger partial charge is 0.478 e. The van der Waals surface area contributed by atoms with E-state index in [1.165, 1.54) is 22.9 Å². The lowest BCUT2D eigenvalue weighted by atomic mass is 10.2. The fourth-order valence-electron chi connectivity index (χ4n) is 1.59. The highest BCUT2D eigenvalue weighted by Crippen LogP contribution is 2.18. The quantitative estimate of drug-likeness (QED) is 0.927. The molecule has 2 rings (SSSR count). The van der Waals surface area contributed by atoms with Gasteiger partial charge in [0.1, 0.15) is 0 Å². The van der Waals surface area contributed by atoms with Crippen molar-refractivity contribution in [3.8, 4) is 5.69 Å². The number of benzene rings is 1. The van der Waals surface area contributed by atoms with E-state index in [0.717, 1.165) is 10.0 Å². The van der Waals surface area contributed by atoms with Gasteiger partial charge >= 0.3 is 5.97 Å². The molecule has 0 atom stereocenters. The Morgan fingerprint density at radius 1 is 1.28 bits per heavy atom. The minimum Gasteiger partial charge on any atom is -0.478 e. The lowest BCUT2D eigenvalue weighted by Crippen LogP contribution is -2.18. The Bertz CT molecular complexity index is 676. The van der Waals surface area contributed by atoms with Crippen LogP contribution in [0, 0.1) is 6.92 Å². The molecule has 18 heavy (non-hydrogen) atoms. The van der Waals surface area contributed by atoms with E-state index in [-0.39, 0.29) is 11.1 Å². The maximum absolute atomic E-state index is 11.7. The van der Waals surface area contributed by atoms with E-state index in [0.29, 0.717) is 5.69 Å². The minimum atomic E-state index is -1.06. The molecule has 0 amide bonds. The Morgan fingerprint density at radius 3 is 2.61 bits per heavy atom. The highest BCUT2D eigenvalue weighted by Gasteiger charge is 2.07. The minimum absolute atomic E-state index is 0.0789. The first-order chi connectivity index (χ1) is 8.49. The van der Waals surface area contributed by atoms with Crippen molar-refractivity contribution < 1.29 is 9.90 Å². The summed E-state index contributed by atoms with van der Waals surface area (Å²) in [5, 5.41) is 8.92. The summed E-state index contributed by atoms with van der Waals surface area (Å²) in [5.41, 5.74) is 1.43. The maximum atomic E-state index is 11.7. The third-order valence-electron chi connectivity index (χ3n) is 2.58. The standard InChI is InChI=1S/C13H10BrNO3/c1-8-6-10(3-4-11(8)14)15-7-9(13(17)18)2-5-12(15)16/h2-7H,1H3,(H,17,18). The number of carboxylic acid groups (broad SMARTS) is 1. The molecule has 0 unspecified atom stereocenters. The van der Waals surface area contributed by atoms with E-state index in [9.17, 15) is 9.59 Å². The number of carboxylic acids is 1. The molecule has 0 aliphatic carbocycles. The van der Waals surface area contributed by atoms with Crippen LogP contribution in [-0.4, -0.2) is 15.6 Å². The molecule has 1 aromatic carbocycles. The smallest absolute Gasteiger partial charge is 0.337 e. The first-order valence-corrected chi connectivity index (χ1v) is 6.01. The van der Waals surface area contributed by atoms with E-state index >= 15 is 0 Å². The van der Waals surface area contributed by atoms with Crippen molar-refractivity contribution >= 4 is 21.9 Å². The summed E-state index contributed by atoms with van der Waals surface area (Å²) >= 11 is 3.38. The second-order valence-electron chi connectivity index (χ2n) is 3.86. The Kier molecular flexibility index (Phi) is 3.34. The van der Waals surface area contributed by atoms with Crippen LogP contribution in [0.4, 0.5) is 0 Å². The zero-order valence-electron chi connectivity index (χ0n) is 9.55. The number of aromatic carboxylic acids is 1. The summed E-state index contributed by atoms with van der Waals surface area (Å²) in [7, 11) is 0. The van der Waals surface area contributed by atoms with Gasteiger partial charge in [-0.25, -0.2) is 4.79 Å². The fourth-order valence-corrected chi connectivity index (χ4v) is 1.84. The Labute approximate surface area is 112 Å². The molecule has 1 heterocycles. The Hall–Kier alpha value is -1.88. The van der Waals surface area contributed by atoms with Crippen molar-refractivity contribution in [2.45, 2.75) is 6.92 Å². The lowest BCUT2D eigenvalue weighted by Gasteiger charge is -2.08. The van der Waals surface area contributed by atoms with Crippen LogP contribution in [0.15, 0.2) is 45.8 Å². The van der Waals surface area contributed by atoms with E-state index in [2.05, 4.69) is 15.9 Å². The lowest BCUT2D eigenvalue weighted by molar-refractivity contribution is 0.0696. The molecule has 0 fully saturated rings. The predicted octanol–water partition coefficient (Wildman–Crippen LogP) is 2.61. The monoisotopic (exact) mass is 307 g/mol. The third kappa shape index (κ3) is 2.36. The summed E-state index contributed by atoms with van der Waals surface area (Å²) in [6, 6.07) is 7.94. The molecule has 92 valence electrons. The summed E-state index contributed by atoms with van der Waals surface area (Å²) in [6.45, 7) is 1.90. The van der Waals surface area contributed by atoms with Gasteiger partial charge in [0.2, 0.25) is 0 Å². The van der Waals surface area contributed by atoms with Crippen LogP contribution in [0.1, 0.15) is 15.9 Å². The van der Waals surface area contributed by atoms with Gasteiger partial charge in [0.05, 0.1) is 5.56 Å². The van der Waals surface area contributed by atoms with Crippen LogP contribution in [0.25, 0.3) is 5.69 Å². The number of rotatable bonds is 2. The zero-order valence-corrected chi connectivity index (χ0v) is 11.1. The van der Waals surface area contributed by atoms with E-state index in [1.54, 1.807) is 6.07 Å². The van der Waals surface area contributed by atoms with E-state index in [4.69, 9.17) is 5.11 Å². The third-order valence-corrected chi connectivity index (χ3v) is 3.47. The zero-order chi connectivity index (χ0) is 13.3. The number of halogens is 1. The SMILES string of the molecule is Cc1cc(-n2cc(C(=O)O)ccc2=O)ccc1Br. The van der Waals surface area contributed by atoms with Crippen molar-refractivity contribution in [3.63, 3.8) is 0 Å². The molecular formula is C13H10BrNO3. The van der Waals surface area contributed by atoms with Crippen LogP contribution in [0.5, 0.6) is 0 Å².